The minimum atomic E-state index is -0.396. The summed E-state index contributed by atoms with van der Waals surface area (Å²) in [5.74, 6) is 1.29. The van der Waals surface area contributed by atoms with Crippen LogP contribution in [-0.4, -0.2) is 66.3 Å². The van der Waals surface area contributed by atoms with Crippen molar-refractivity contribution in [1.29, 1.82) is 0 Å². The van der Waals surface area contributed by atoms with Crippen LogP contribution in [0.4, 0.5) is 4.79 Å². The van der Waals surface area contributed by atoms with E-state index in [9.17, 15) is 4.79 Å². The lowest BCUT2D eigenvalue weighted by molar-refractivity contribution is 0.0268. The molecule has 5 heteroatoms. The van der Waals surface area contributed by atoms with Crippen molar-refractivity contribution >= 4 is 6.09 Å². The molecule has 2 aliphatic heterocycles. The minimum Gasteiger partial charge on any atom is -0.444 e. The largest absolute Gasteiger partial charge is 0.444 e. The molecule has 3 aliphatic rings. The molecule has 3 fully saturated rings. The van der Waals surface area contributed by atoms with Gasteiger partial charge in [-0.15, -0.1) is 0 Å². The number of hydrogen-bond acceptors (Lipinski definition) is 4. The first-order chi connectivity index (χ1) is 10.9. The highest BCUT2D eigenvalue weighted by atomic mass is 16.6. The number of likely N-dealkylation sites (tertiary alicyclic amines) is 2. The Morgan fingerprint density at radius 3 is 2.48 bits per heavy atom. The van der Waals surface area contributed by atoms with Crippen molar-refractivity contribution in [2.24, 2.45) is 11.8 Å². The van der Waals surface area contributed by atoms with Gasteiger partial charge in [0.25, 0.3) is 0 Å². The van der Waals surface area contributed by atoms with E-state index in [4.69, 9.17) is 4.74 Å². The number of carbonyl (C=O) groups excluding carboxylic acids is 1. The number of amides is 1. The summed E-state index contributed by atoms with van der Waals surface area (Å²) in [5.41, 5.74) is -0.396. The smallest absolute Gasteiger partial charge is 0.410 e. The Kier molecular flexibility index (Phi) is 4.88. The van der Waals surface area contributed by atoms with Crippen LogP contribution in [0.3, 0.4) is 0 Å². The standard InChI is InChI=1S/C18H33N3O2/c1-5-20-9-6-7-13(8-10-20)19-16-14-11-21(12-15(14)16)17(22)23-18(2,3)4/h13-16,19H,5-12H2,1-4H3. The fourth-order valence-corrected chi connectivity index (χ4v) is 4.16. The molecule has 5 nitrogen and oxygen atoms in total. The lowest BCUT2D eigenvalue weighted by Crippen LogP contribution is -2.41. The van der Waals surface area contributed by atoms with E-state index in [2.05, 4.69) is 17.1 Å². The fraction of sp³-hybridized carbons (Fsp3) is 0.944. The predicted molar refractivity (Wildman–Crippen MR) is 91.5 cm³/mol. The normalized spacial score (nSPS) is 34.9. The van der Waals surface area contributed by atoms with Crippen molar-refractivity contribution in [2.75, 3.05) is 32.7 Å². The van der Waals surface area contributed by atoms with Gasteiger partial charge >= 0.3 is 6.09 Å². The Morgan fingerprint density at radius 1 is 1.17 bits per heavy atom. The summed E-state index contributed by atoms with van der Waals surface area (Å²) in [5, 5.41) is 3.88. The SMILES string of the molecule is CCN1CCCC(NC2C3CN(C(=O)OC(C)(C)C)CC32)CC1. The Balaban J connectivity index is 1.41. The Labute approximate surface area is 140 Å². The Hall–Kier alpha value is -0.810. The minimum absolute atomic E-state index is 0.142. The summed E-state index contributed by atoms with van der Waals surface area (Å²) in [6.07, 6.45) is 3.72. The molecule has 1 aliphatic carbocycles. The van der Waals surface area contributed by atoms with Crippen molar-refractivity contribution in [2.45, 2.75) is 64.6 Å². The molecule has 0 spiro atoms. The van der Waals surface area contributed by atoms with Crippen LogP contribution in [-0.2, 0) is 4.74 Å². The van der Waals surface area contributed by atoms with Crippen molar-refractivity contribution in [3.63, 3.8) is 0 Å². The van der Waals surface area contributed by atoms with E-state index in [0.29, 0.717) is 23.9 Å². The molecule has 3 atom stereocenters. The molecule has 3 unspecified atom stereocenters. The molecular weight excluding hydrogens is 290 g/mol. The summed E-state index contributed by atoms with van der Waals surface area (Å²) < 4.78 is 5.48. The van der Waals surface area contributed by atoms with Gasteiger partial charge in [-0.3, -0.25) is 0 Å². The van der Waals surface area contributed by atoms with E-state index in [-0.39, 0.29) is 6.09 Å². The van der Waals surface area contributed by atoms with Crippen LogP contribution in [0.15, 0.2) is 0 Å². The van der Waals surface area contributed by atoms with Gasteiger partial charge in [-0.1, -0.05) is 6.92 Å². The van der Waals surface area contributed by atoms with Crippen LogP contribution >= 0.6 is 0 Å². The highest BCUT2D eigenvalue weighted by Gasteiger charge is 2.57. The molecule has 0 bridgehead atoms. The molecule has 1 N–H and O–H groups in total. The first-order valence-corrected chi connectivity index (χ1v) is 9.33. The summed E-state index contributed by atoms with van der Waals surface area (Å²) in [6, 6.07) is 1.30. The maximum atomic E-state index is 12.1. The lowest BCUT2D eigenvalue weighted by Gasteiger charge is -2.26. The zero-order valence-corrected chi connectivity index (χ0v) is 15.2. The van der Waals surface area contributed by atoms with Gasteiger partial charge in [0, 0.05) is 25.2 Å². The van der Waals surface area contributed by atoms with Crippen LogP contribution in [0, 0.1) is 11.8 Å². The van der Waals surface area contributed by atoms with Crippen molar-refractivity contribution < 1.29 is 9.53 Å². The highest BCUT2D eigenvalue weighted by molar-refractivity contribution is 5.69. The fourth-order valence-electron chi connectivity index (χ4n) is 4.16. The summed E-state index contributed by atoms with van der Waals surface area (Å²) in [6.45, 7) is 13.4. The quantitative estimate of drug-likeness (QED) is 0.866. The first-order valence-electron chi connectivity index (χ1n) is 9.33. The second kappa shape index (κ2) is 6.60. The second-order valence-corrected chi connectivity index (χ2v) is 8.47. The number of carbonyl (C=O) groups is 1. The maximum absolute atomic E-state index is 12.1. The number of rotatable bonds is 3. The topological polar surface area (TPSA) is 44.8 Å². The first kappa shape index (κ1) is 17.0. The number of hydrogen-bond donors (Lipinski definition) is 1. The van der Waals surface area contributed by atoms with Crippen LogP contribution < -0.4 is 5.32 Å². The monoisotopic (exact) mass is 323 g/mol. The van der Waals surface area contributed by atoms with E-state index >= 15 is 0 Å². The molecule has 23 heavy (non-hydrogen) atoms. The van der Waals surface area contributed by atoms with Crippen molar-refractivity contribution in [3.05, 3.63) is 0 Å². The highest BCUT2D eigenvalue weighted by Crippen LogP contribution is 2.46. The molecule has 1 saturated carbocycles. The van der Waals surface area contributed by atoms with E-state index in [0.717, 1.165) is 13.1 Å². The van der Waals surface area contributed by atoms with E-state index < -0.39 is 5.60 Å². The zero-order chi connectivity index (χ0) is 16.6. The van der Waals surface area contributed by atoms with Gasteiger partial charge in [0.05, 0.1) is 0 Å². The average Bonchev–Trinajstić information content (AvgIpc) is 2.99. The van der Waals surface area contributed by atoms with Gasteiger partial charge in [-0.25, -0.2) is 4.79 Å². The molecule has 132 valence electrons. The lowest BCUT2D eigenvalue weighted by atomic mass is 10.1. The number of piperidine rings is 1. The van der Waals surface area contributed by atoms with E-state index in [1.807, 2.05) is 25.7 Å². The molecular formula is C18H33N3O2. The number of nitrogens with zero attached hydrogens (tertiary/aromatic N) is 2. The average molecular weight is 323 g/mol. The third-order valence-electron chi connectivity index (χ3n) is 5.54. The molecule has 3 rings (SSSR count). The number of ether oxygens (including phenoxy) is 1. The molecule has 1 amide bonds. The number of nitrogens with one attached hydrogen (secondary N) is 1. The van der Waals surface area contributed by atoms with Crippen LogP contribution in [0.1, 0.15) is 47.0 Å². The molecule has 2 saturated heterocycles. The maximum Gasteiger partial charge on any atom is 0.410 e. The third kappa shape index (κ3) is 4.18. The van der Waals surface area contributed by atoms with Gasteiger partial charge in [0.1, 0.15) is 5.60 Å². The van der Waals surface area contributed by atoms with Crippen LogP contribution in [0.2, 0.25) is 0 Å². The molecule has 0 radical (unpaired) electrons. The second-order valence-electron chi connectivity index (χ2n) is 8.47. The van der Waals surface area contributed by atoms with Crippen molar-refractivity contribution in [3.8, 4) is 0 Å². The van der Waals surface area contributed by atoms with Gasteiger partial charge in [0.2, 0.25) is 0 Å². The summed E-state index contributed by atoms with van der Waals surface area (Å²) in [4.78, 5) is 16.6. The van der Waals surface area contributed by atoms with E-state index in [1.54, 1.807) is 0 Å². The Morgan fingerprint density at radius 2 is 1.87 bits per heavy atom. The molecule has 0 aromatic heterocycles. The van der Waals surface area contributed by atoms with Gasteiger partial charge in [-0.05, 0) is 71.5 Å². The third-order valence-corrected chi connectivity index (χ3v) is 5.54. The van der Waals surface area contributed by atoms with Gasteiger partial charge in [-0.2, -0.15) is 0 Å². The molecule has 2 heterocycles. The zero-order valence-electron chi connectivity index (χ0n) is 15.2. The van der Waals surface area contributed by atoms with Crippen LogP contribution in [0.5, 0.6) is 0 Å². The summed E-state index contributed by atoms with van der Waals surface area (Å²) in [7, 11) is 0. The van der Waals surface area contributed by atoms with Gasteiger partial charge < -0.3 is 19.9 Å². The Bertz CT molecular complexity index is 422. The van der Waals surface area contributed by atoms with Gasteiger partial charge in [0.15, 0.2) is 0 Å². The summed E-state index contributed by atoms with van der Waals surface area (Å²) >= 11 is 0. The predicted octanol–water partition coefficient (Wildman–Crippen LogP) is 2.32. The molecule has 0 aromatic rings. The van der Waals surface area contributed by atoms with Crippen molar-refractivity contribution in [1.82, 2.24) is 15.1 Å². The molecule has 0 aromatic carbocycles. The number of fused-ring (bicyclic) bond motifs is 1. The van der Waals surface area contributed by atoms with E-state index in [1.165, 1.54) is 38.9 Å². The van der Waals surface area contributed by atoms with Crippen LogP contribution in [0.25, 0.3) is 0 Å².